The largest absolute Gasteiger partial charge is 0.353 e. The van der Waals surface area contributed by atoms with E-state index in [1.807, 2.05) is 0 Å². The summed E-state index contributed by atoms with van der Waals surface area (Å²) in [4.78, 5) is 7.89. The topological polar surface area (TPSA) is 49.3 Å². The molecule has 0 bridgehead atoms. The van der Waals surface area contributed by atoms with Gasteiger partial charge in [0.2, 0.25) is 0 Å². The average Bonchev–Trinajstić information content (AvgIpc) is 2.31. The molecule has 1 aromatic heterocycles. The molecule has 1 rings (SSSR count). The highest BCUT2D eigenvalue weighted by Crippen LogP contribution is 2.01. The number of aromatic nitrogens is 1. The molecule has 0 unspecified atom stereocenters. The van der Waals surface area contributed by atoms with Gasteiger partial charge in [-0.3, -0.25) is 9.98 Å². The first-order valence-corrected chi connectivity index (χ1v) is 4.92. The Morgan fingerprint density at radius 1 is 1.59 bits per heavy atom. The molecule has 0 aliphatic heterocycles. The molecule has 0 fully saturated rings. The second-order valence-electron chi connectivity index (χ2n) is 3.03. The molecule has 0 aliphatic rings. The van der Waals surface area contributed by atoms with Crippen molar-refractivity contribution in [2.75, 3.05) is 13.6 Å². The first-order chi connectivity index (χ1) is 7.77. The first-order valence-electron chi connectivity index (χ1n) is 4.92. The third kappa shape index (κ3) is 5.62. The van der Waals surface area contributed by atoms with E-state index in [-0.39, 0.29) is 29.8 Å². The molecule has 0 aliphatic carbocycles. The van der Waals surface area contributed by atoms with Crippen LogP contribution in [0.3, 0.4) is 0 Å². The minimum Gasteiger partial charge on any atom is -0.353 e. The molecule has 4 nitrogen and oxygen atoms in total. The van der Waals surface area contributed by atoms with Crippen molar-refractivity contribution in [2.45, 2.75) is 6.54 Å². The Morgan fingerprint density at radius 3 is 2.94 bits per heavy atom. The third-order valence-electron chi connectivity index (χ3n) is 1.90. The van der Waals surface area contributed by atoms with Crippen LogP contribution in [-0.2, 0) is 6.54 Å². The fourth-order valence-electron chi connectivity index (χ4n) is 1.11. The van der Waals surface area contributed by atoms with Crippen LogP contribution >= 0.6 is 24.0 Å². The number of nitrogens with one attached hydrogen (secondary N) is 2. The van der Waals surface area contributed by atoms with Gasteiger partial charge in [0, 0.05) is 19.8 Å². The summed E-state index contributed by atoms with van der Waals surface area (Å²) in [6, 6.07) is 2.94. The van der Waals surface area contributed by atoms with Gasteiger partial charge in [-0.25, -0.2) is 4.39 Å². The van der Waals surface area contributed by atoms with E-state index in [1.165, 1.54) is 6.07 Å². The van der Waals surface area contributed by atoms with Gasteiger partial charge in [-0.15, -0.1) is 30.6 Å². The maximum Gasteiger partial charge on any atom is 0.191 e. The number of rotatable bonds is 4. The molecule has 6 heteroatoms. The van der Waals surface area contributed by atoms with E-state index in [0.717, 1.165) is 0 Å². The van der Waals surface area contributed by atoms with Crippen molar-refractivity contribution in [1.82, 2.24) is 15.6 Å². The fourth-order valence-corrected chi connectivity index (χ4v) is 1.11. The highest BCUT2D eigenvalue weighted by Gasteiger charge is 2.02. The van der Waals surface area contributed by atoms with Gasteiger partial charge in [-0.1, -0.05) is 6.08 Å². The second kappa shape index (κ2) is 8.91. The molecule has 2 N–H and O–H groups in total. The van der Waals surface area contributed by atoms with Crippen LogP contribution in [0.25, 0.3) is 0 Å². The van der Waals surface area contributed by atoms with Crippen LogP contribution < -0.4 is 10.6 Å². The molecule has 94 valence electrons. The van der Waals surface area contributed by atoms with Crippen molar-refractivity contribution < 1.29 is 4.39 Å². The number of halogens is 2. The molecule has 1 heterocycles. The van der Waals surface area contributed by atoms with Crippen molar-refractivity contribution in [1.29, 1.82) is 0 Å². The highest BCUT2D eigenvalue weighted by atomic mass is 127. The maximum atomic E-state index is 13.2. The Bertz CT molecular complexity index is 381. The second-order valence-corrected chi connectivity index (χ2v) is 3.03. The van der Waals surface area contributed by atoms with Gasteiger partial charge >= 0.3 is 0 Å². The molecule has 0 spiro atoms. The molecule has 0 saturated heterocycles. The summed E-state index contributed by atoms with van der Waals surface area (Å²) in [5, 5.41) is 5.93. The summed E-state index contributed by atoms with van der Waals surface area (Å²) < 4.78 is 13.2. The van der Waals surface area contributed by atoms with Gasteiger partial charge < -0.3 is 10.6 Å². The SMILES string of the molecule is C=CCNC(=NC)NCc1ncccc1F.I. The number of aliphatic imine (C=N–C) groups is 1. The molecule has 0 aromatic carbocycles. The summed E-state index contributed by atoms with van der Waals surface area (Å²) in [5.74, 6) is 0.263. The Hall–Kier alpha value is -1.18. The van der Waals surface area contributed by atoms with Crippen LogP contribution in [0.4, 0.5) is 4.39 Å². The fraction of sp³-hybridized carbons (Fsp3) is 0.273. The van der Waals surface area contributed by atoms with Crippen LogP contribution in [0.15, 0.2) is 36.0 Å². The third-order valence-corrected chi connectivity index (χ3v) is 1.90. The predicted octanol–water partition coefficient (Wildman–Crippen LogP) is 1.69. The lowest BCUT2D eigenvalue weighted by molar-refractivity contribution is 0.593. The van der Waals surface area contributed by atoms with Gasteiger partial charge in [0.05, 0.1) is 12.2 Å². The highest BCUT2D eigenvalue weighted by molar-refractivity contribution is 14.0. The Morgan fingerprint density at radius 2 is 2.35 bits per heavy atom. The van der Waals surface area contributed by atoms with Crippen LogP contribution in [0.2, 0.25) is 0 Å². The van der Waals surface area contributed by atoms with Gasteiger partial charge in [-0.05, 0) is 12.1 Å². The number of hydrogen-bond acceptors (Lipinski definition) is 2. The first kappa shape index (κ1) is 15.8. The van der Waals surface area contributed by atoms with Crippen LogP contribution in [0.1, 0.15) is 5.69 Å². The number of hydrogen-bond donors (Lipinski definition) is 2. The smallest absolute Gasteiger partial charge is 0.191 e. The molecular weight excluding hydrogens is 334 g/mol. The van der Waals surface area contributed by atoms with Gasteiger partial charge in [0.1, 0.15) is 5.82 Å². The summed E-state index contributed by atoms with van der Waals surface area (Å²) in [7, 11) is 1.65. The quantitative estimate of drug-likeness (QED) is 0.376. The normalized spacial score (nSPS) is 10.4. The molecule has 17 heavy (non-hydrogen) atoms. The van der Waals surface area contributed by atoms with Gasteiger partial charge in [0.15, 0.2) is 5.96 Å². The van der Waals surface area contributed by atoms with Gasteiger partial charge in [0.25, 0.3) is 0 Å². The van der Waals surface area contributed by atoms with Crippen molar-refractivity contribution in [3.63, 3.8) is 0 Å². The van der Waals surface area contributed by atoms with Crippen molar-refractivity contribution >= 4 is 29.9 Å². The van der Waals surface area contributed by atoms with Crippen LogP contribution in [0, 0.1) is 5.82 Å². The molecule has 0 radical (unpaired) electrons. The molecule has 1 aromatic rings. The summed E-state index contributed by atoms with van der Waals surface area (Å²) in [5.41, 5.74) is 0.365. The lowest BCUT2D eigenvalue weighted by Gasteiger charge is -2.10. The minimum atomic E-state index is -0.325. The summed E-state index contributed by atoms with van der Waals surface area (Å²) >= 11 is 0. The summed E-state index contributed by atoms with van der Waals surface area (Å²) in [6.07, 6.45) is 3.27. The number of nitrogens with zero attached hydrogens (tertiary/aromatic N) is 2. The van der Waals surface area contributed by atoms with Gasteiger partial charge in [-0.2, -0.15) is 0 Å². The number of guanidine groups is 1. The average molecular weight is 350 g/mol. The Kier molecular flexibility index (Phi) is 8.29. The van der Waals surface area contributed by atoms with E-state index in [0.29, 0.717) is 24.7 Å². The molecule has 0 amide bonds. The van der Waals surface area contributed by atoms with E-state index in [4.69, 9.17) is 0 Å². The van der Waals surface area contributed by atoms with Crippen molar-refractivity contribution in [2.24, 2.45) is 4.99 Å². The van der Waals surface area contributed by atoms with Crippen molar-refractivity contribution in [3.05, 3.63) is 42.5 Å². The van der Waals surface area contributed by atoms with E-state index in [2.05, 4.69) is 27.2 Å². The Labute approximate surface area is 117 Å². The standard InChI is InChI=1S/C11H15FN4.HI/c1-3-6-15-11(13-2)16-8-10-9(12)5-4-7-14-10;/h3-5,7H,1,6,8H2,2H3,(H2,13,15,16);1H. The van der Waals surface area contributed by atoms with Crippen LogP contribution in [-0.4, -0.2) is 24.5 Å². The van der Waals surface area contributed by atoms with E-state index in [9.17, 15) is 4.39 Å². The van der Waals surface area contributed by atoms with E-state index < -0.39 is 0 Å². The van der Waals surface area contributed by atoms with Crippen LogP contribution in [0.5, 0.6) is 0 Å². The van der Waals surface area contributed by atoms with E-state index >= 15 is 0 Å². The zero-order valence-corrected chi connectivity index (χ0v) is 11.9. The minimum absolute atomic E-state index is 0. The van der Waals surface area contributed by atoms with E-state index in [1.54, 1.807) is 25.4 Å². The monoisotopic (exact) mass is 350 g/mol. The van der Waals surface area contributed by atoms with Crippen molar-refractivity contribution in [3.8, 4) is 0 Å². The lowest BCUT2D eigenvalue weighted by Crippen LogP contribution is -2.37. The molecular formula is C11H16FIN4. The Balaban J connectivity index is 0.00000256. The molecule has 0 atom stereocenters. The summed E-state index contributed by atoms with van der Waals surface area (Å²) in [6.45, 7) is 4.48. The zero-order chi connectivity index (χ0) is 11.8. The molecule has 0 saturated carbocycles. The predicted molar refractivity (Wildman–Crippen MR) is 78.0 cm³/mol. The lowest BCUT2D eigenvalue weighted by atomic mass is 10.3. The maximum absolute atomic E-state index is 13.2. The zero-order valence-electron chi connectivity index (χ0n) is 9.61. The number of pyridine rings is 1.